The van der Waals surface area contributed by atoms with E-state index in [2.05, 4.69) is 41.7 Å². The number of halogens is 1. The van der Waals surface area contributed by atoms with Gasteiger partial charge in [0.1, 0.15) is 0 Å². The Morgan fingerprint density at radius 2 is 1.88 bits per heavy atom. The molecule has 2 aromatic carbocycles. The van der Waals surface area contributed by atoms with Crippen molar-refractivity contribution in [1.82, 2.24) is 5.32 Å². The van der Waals surface area contributed by atoms with Crippen LogP contribution in [0.5, 0.6) is 0 Å². The van der Waals surface area contributed by atoms with Crippen molar-refractivity contribution >= 4 is 22.4 Å². The third kappa shape index (κ3) is 1.30. The van der Waals surface area contributed by atoms with E-state index in [1.165, 1.54) is 29.3 Å². The van der Waals surface area contributed by atoms with E-state index < -0.39 is 0 Å². The van der Waals surface area contributed by atoms with Crippen LogP contribution >= 0.6 is 11.6 Å². The van der Waals surface area contributed by atoms with Gasteiger partial charge in [-0.25, -0.2) is 0 Å². The molecule has 2 bridgehead atoms. The van der Waals surface area contributed by atoms with Crippen LogP contribution in [0.4, 0.5) is 0 Å². The topological polar surface area (TPSA) is 12.0 Å². The Labute approximate surface area is 106 Å². The smallest absolute Gasteiger partial charge is 0.0484 e. The highest BCUT2D eigenvalue weighted by molar-refractivity contribution is 6.35. The molecule has 3 aliphatic rings. The first-order chi connectivity index (χ1) is 8.34. The van der Waals surface area contributed by atoms with Crippen LogP contribution in [-0.2, 0) is 0 Å². The molecule has 1 nitrogen and oxygen atoms in total. The lowest BCUT2D eigenvalue weighted by Crippen LogP contribution is -2.34. The molecule has 0 spiro atoms. The van der Waals surface area contributed by atoms with Gasteiger partial charge in [0, 0.05) is 22.4 Å². The summed E-state index contributed by atoms with van der Waals surface area (Å²) in [7, 11) is 0. The third-order valence-electron chi connectivity index (χ3n) is 4.40. The van der Waals surface area contributed by atoms with Crippen LogP contribution in [0.25, 0.3) is 10.8 Å². The molecule has 3 atom stereocenters. The third-order valence-corrected chi connectivity index (χ3v) is 4.73. The van der Waals surface area contributed by atoms with Crippen molar-refractivity contribution in [2.45, 2.75) is 18.4 Å². The van der Waals surface area contributed by atoms with Crippen LogP contribution < -0.4 is 5.32 Å². The van der Waals surface area contributed by atoms with Crippen LogP contribution in [0.3, 0.4) is 0 Å². The number of benzene rings is 2. The zero-order chi connectivity index (χ0) is 11.4. The summed E-state index contributed by atoms with van der Waals surface area (Å²) < 4.78 is 0. The van der Waals surface area contributed by atoms with Gasteiger partial charge in [-0.2, -0.15) is 0 Å². The summed E-state index contributed by atoms with van der Waals surface area (Å²) in [6, 6.07) is 13.5. The maximum Gasteiger partial charge on any atom is 0.0484 e. The zero-order valence-electron chi connectivity index (χ0n) is 9.49. The fourth-order valence-corrected chi connectivity index (χ4v) is 3.75. The minimum absolute atomic E-state index is 0.699. The first-order valence-electron chi connectivity index (χ1n) is 6.25. The minimum atomic E-state index is 0.699. The van der Waals surface area contributed by atoms with Crippen LogP contribution in [0.2, 0.25) is 5.02 Å². The van der Waals surface area contributed by atoms with E-state index in [9.17, 15) is 0 Å². The number of rotatable bonds is 1. The van der Waals surface area contributed by atoms with E-state index >= 15 is 0 Å². The summed E-state index contributed by atoms with van der Waals surface area (Å²) in [5.41, 5.74) is 1.48. The predicted octanol–water partition coefficient (Wildman–Crippen LogP) is 3.57. The Morgan fingerprint density at radius 1 is 1.06 bits per heavy atom. The zero-order valence-corrected chi connectivity index (χ0v) is 10.2. The quantitative estimate of drug-likeness (QED) is 0.808. The van der Waals surface area contributed by atoms with Gasteiger partial charge in [0.05, 0.1) is 0 Å². The second kappa shape index (κ2) is 3.47. The van der Waals surface area contributed by atoms with Crippen LogP contribution in [-0.4, -0.2) is 12.6 Å². The van der Waals surface area contributed by atoms with Crippen molar-refractivity contribution in [2.24, 2.45) is 5.92 Å². The molecule has 5 rings (SSSR count). The Kier molecular flexibility index (Phi) is 2.03. The molecule has 2 saturated heterocycles. The van der Waals surface area contributed by atoms with Gasteiger partial charge in [0.25, 0.3) is 0 Å². The lowest BCUT2D eigenvalue weighted by atomic mass is 9.69. The molecular formula is C15H14ClN. The van der Waals surface area contributed by atoms with E-state index in [0.29, 0.717) is 12.0 Å². The summed E-state index contributed by atoms with van der Waals surface area (Å²) in [6.07, 6.45) is 1.35. The van der Waals surface area contributed by atoms with Crippen LogP contribution in [0.1, 0.15) is 17.9 Å². The van der Waals surface area contributed by atoms with E-state index in [0.717, 1.165) is 10.9 Å². The minimum Gasteiger partial charge on any atom is -0.313 e. The summed E-state index contributed by atoms with van der Waals surface area (Å²) in [6.45, 7) is 1.19. The average Bonchev–Trinajstić information content (AvgIpc) is 2.96. The Hall–Kier alpha value is -1.05. The van der Waals surface area contributed by atoms with Crippen molar-refractivity contribution in [3.05, 3.63) is 47.0 Å². The van der Waals surface area contributed by atoms with Gasteiger partial charge in [0.2, 0.25) is 0 Å². The Morgan fingerprint density at radius 3 is 2.59 bits per heavy atom. The number of hydrogen-bond donors (Lipinski definition) is 1. The van der Waals surface area contributed by atoms with Gasteiger partial charge < -0.3 is 5.32 Å². The largest absolute Gasteiger partial charge is 0.313 e. The molecular weight excluding hydrogens is 230 g/mol. The molecule has 2 aromatic rings. The van der Waals surface area contributed by atoms with E-state index in [1.807, 2.05) is 0 Å². The maximum absolute atomic E-state index is 6.27. The molecule has 86 valence electrons. The van der Waals surface area contributed by atoms with Crippen molar-refractivity contribution in [3.8, 4) is 0 Å². The van der Waals surface area contributed by atoms with Gasteiger partial charge in [-0.05, 0) is 35.9 Å². The van der Waals surface area contributed by atoms with Crippen LogP contribution in [0.15, 0.2) is 36.4 Å². The first kappa shape index (κ1) is 9.93. The predicted molar refractivity (Wildman–Crippen MR) is 71.6 cm³/mol. The highest BCUT2D eigenvalue weighted by Gasteiger charge is 2.47. The number of nitrogens with one attached hydrogen (secondary N) is 1. The molecule has 0 radical (unpaired) electrons. The number of hydrogen-bond acceptors (Lipinski definition) is 1. The SMILES string of the molecule is Clc1ccc(C2C3CNC2C3)c2ccccc12. The Balaban J connectivity index is 1.93. The first-order valence-corrected chi connectivity index (χ1v) is 6.63. The van der Waals surface area contributed by atoms with Gasteiger partial charge in [-0.15, -0.1) is 0 Å². The average molecular weight is 244 g/mol. The van der Waals surface area contributed by atoms with Crippen molar-refractivity contribution in [2.75, 3.05) is 6.54 Å². The van der Waals surface area contributed by atoms with Crippen LogP contribution in [0, 0.1) is 5.92 Å². The molecule has 1 aliphatic carbocycles. The monoisotopic (exact) mass is 243 g/mol. The molecule has 1 saturated carbocycles. The lowest BCUT2D eigenvalue weighted by Gasteiger charge is -2.35. The second-order valence-electron chi connectivity index (χ2n) is 5.22. The summed E-state index contributed by atoms with van der Waals surface area (Å²) >= 11 is 6.27. The molecule has 2 aliphatic heterocycles. The molecule has 2 heteroatoms. The molecule has 2 heterocycles. The number of fused-ring (bicyclic) bond motifs is 2. The molecule has 0 amide bonds. The van der Waals surface area contributed by atoms with E-state index in [1.54, 1.807) is 0 Å². The highest BCUT2D eigenvalue weighted by atomic mass is 35.5. The summed E-state index contributed by atoms with van der Waals surface area (Å²) in [5, 5.41) is 6.98. The summed E-state index contributed by atoms with van der Waals surface area (Å²) in [4.78, 5) is 0. The van der Waals surface area contributed by atoms with E-state index in [-0.39, 0.29) is 0 Å². The fourth-order valence-electron chi connectivity index (χ4n) is 3.52. The normalized spacial score (nSPS) is 30.5. The molecule has 3 unspecified atom stereocenters. The standard InChI is InChI=1S/C15H14ClN/c16-13-6-5-12(10-3-1-2-4-11(10)13)15-9-7-14(15)17-8-9/h1-6,9,14-15,17H,7-8H2. The van der Waals surface area contributed by atoms with Crippen molar-refractivity contribution in [3.63, 3.8) is 0 Å². The fraction of sp³-hybridized carbons (Fsp3) is 0.333. The maximum atomic E-state index is 6.27. The van der Waals surface area contributed by atoms with Crippen molar-refractivity contribution in [1.29, 1.82) is 0 Å². The molecule has 3 fully saturated rings. The Bertz CT molecular complexity index is 578. The van der Waals surface area contributed by atoms with Gasteiger partial charge in [-0.3, -0.25) is 0 Å². The molecule has 1 N–H and O–H groups in total. The van der Waals surface area contributed by atoms with Gasteiger partial charge in [0.15, 0.2) is 0 Å². The van der Waals surface area contributed by atoms with Gasteiger partial charge >= 0.3 is 0 Å². The highest BCUT2D eigenvalue weighted by Crippen LogP contribution is 2.49. The molecule has 0 aromatic heterocycles. The van der Waals surface area contributed by atoms with E-state index in [4.69, 9.17) is 11.6 Å². The van der Waals surface area contributed by atoms with Gasteiger partial charge in [-0.1, -0.05) is 41.9 Å². The summed E-state index contributed by atoms with van der Waals surface area (Å²) in [5.74, 6) is 1.54. The second-order valence-corrected chi connectivity index (χ2v) is 5.63. The molecule has 17 heavy (non-hydrogen) atoms. The lowest BCUT2D eigenvalue weighted by molar-refractivity contribution is 0.305. The van der Waals surface area contributed by atoms with Crippen molar-refractivity contribution < 1.29 is 0 Å².